The first kappa shape index (κ1) is 14.7. The number of guanidine groups is 1. The Hall–Kier alpha value is -1.69. The molecular weight excluding hydrogens is 264 g/mol. The van der Waals surface area contributed by atoms with Crippen LogP contribution in [0.25, 0.3) is 0 Å². The van der Waals surface area contributed by atoms with Gasteiger partial charge < -0.3 is 15.8 Å². The van der Waals surface area contributed by atoms with E-state index in [1.165, 1.54) is 0 Å². The molecule has 3 N–H and O–H groups in total. The van der Waals surface area contributed by atoms with Crippen LogP contribution in [-0.2, 0) is 4.74 Å². The molecule has 4 nitrogen and oxygen atoms in total. The minimum absolute atomic E-state index is 0.0134. The molecule has 0 aliphatic heterocycles. The Balaban J connectivity index is 1.88. The van der Waals surface area contributed by atoms with Crippen molar-refractivity contribution in [2.75, 3.05) is 5.32 Å². The number of benzene rings is 1. The highest BCUT2D eigenvalue weighted by molar-refractivity contribution is 5.92. The van der Waals surface area contributed by atoms with Crippen LogP contribution in [0.5, 0.6) is 0 Å². The summed E-state index contributed by atoms with van der Waals surface area (Å²) in [5, 5.41) is 2.58. The predicted octanol–water partition coefficient (Wildman–Crippen LogP) is 2.65. The maximum Gasteiger partial charge on any atom is 0.193 e. The van der Waals surface area contributed by atoms with E-state index in [2.05, 4.69) is 10.3 Å². The van der Waals surface area contributed by atoms with Crippen LogP contribution in [0, 0.1) is 11.6 Å². The molecule has 2 rings (SSSR count). The summed E-state index contributed by atoms with van der Waals surface area (Å²) in [4.78, 5) is 4.22. The summed E-state index contributed by atoms with van der Waals surface area (Å²) < 4.78 is 32.0. The van der Waals surface area contributed by atoms with Crippen molar-refractivity contribution >= 4 is 11.6 Å². The zero-order valence-electron chi connectivity index (χ0n) is 11.6. The summed E-state index contributed by atoms with van der Waals surface area (Å²) in [6.45, 7) is 3.97. The van der Waals surface area contributed by atoms with Crippen LogP contribution >= 0.6 is 0 Å². The highest BCUT2D eigenvalue weighted by atomic mass is 19.1. The summed E-state index contributed by atoms with van der Waals surface area (Å²) in [6.07, 6.45) is 2.00. The molecule has 20 heavy (non-hydrogen) atoms. The number of anilines is 1. The Morgan fingerprint density at radius 3 is 2.75 bits per heavy atom. The summed E-state index contributed by atoms with van der Waals surface area (Å²) in [5.74, 6) is -1.02. The molecule has 1 aliphatic rings. The number of nitrogens with one attached hydrogen (secondary N) is 1. The van der Waals surface area contributed by atoms with Crippen LogP contribution in [0.3, 0.4) is 0 Å². The van der Waals surface area contributed by atoms with E-state index in [1.54, 1.807) is 0 Å². The molecule has 1 saturated carbocycles. The number of halogens is 2. The molecule has 1 aromatic rings. The van der Waals surface area contributed by atoms with Crippen molar-refractivity contribution in [2.24, 2.45) is 10.7 Å². The molecule has 0 aromatic heterocycles. The van der Waals surface area contributed by atoms with Gasteiger partial charge in [0.1, 0.15) is 11.6 Å². The monoisotopic (exact) mass is 283 g/mol. The molecule has 1 aliphatic carbocycles. The number of ether oxygens (including phenoxy) is 1. The van der Waals surface area contributed by atoms with Gasteiger partial charge in [0.15, 0.2) is 5.96 Å². The van der Waals surface area contributed by atoms with E-state index in [-0.39, 0.29) is 29.9 Å². The lowest BCUT2D eigenvalue weighted by atomic mass is 9.90. The molecular formula is C14H19F2N3O. The van der Waals surface area contributed by atoms with E-state index in [9.17, 15) is 8.78 Å². The second kappa shape index (κ2) is 6.17. The van der Waals surface area contributed by atoms with Gasteiger partial charge in [-0.25, -0.2) is 13.8 Å². The first-order valence-electron chi connectivity index (χ1n) is 6.65. The molecule has 110 valence electrons. The van der Waals surface area contributed by atoms with Gasteiger partial charge in [-0.3, -0.25) is 0 Å². The second-order valence-electron chi connectivity index (χ2n) is 5.20. The number of aliphatic imine (C=N–C) groups is 1. The fraction of sp³-hybridized carbons (Fsp3) is 0.500. The SMILES string of the molecule is CC(C)OC1CC(N=C(N)Nc2cc(F)ccc2F)C1. The van der Waals surface area contributed by atoms with Crippen LogP contribution in [0.2, 0.25) is 0 Å². The zero-order chi connectivity index (χ0) is 14.7. The third-order valence-electron chi connectivity index (χ3n) is 3.05. The van der Waals surface area contributed by atoms with Gasteiger partial charge >= 0.3 is 0 Å². The highest BCUT2D eigenvalue weighted by Gasteiger charge is 2.30. The van der Waals surface area contributed by atoms with Gasteiger partial charge in [0, 0.05) is 6.07 Å². The average molecular weight is 283 g/mol. The molecule has 0 bridgehead atoms. The number of hydrogen-bond donors (Lipinski definition) is 2. The standard InChI is InChI=1S/C14H19F2N3O/c1-8(2)20-11-6-10(7-11)18-14(17)19-13-5-9(15)3-4-12(13)16/h3-5,8,10-11H,6-7H2,1-2H3,(H3,17,18,19). The molecule has 0 saturated heterocycles. The first-order chi connectivity index (χ1) is 9.44. The third-order valence-corrected chi connectivity index (χ3v) is 3.05. The summed E-state index contributed by atoms with van der Waals surface area (Å²) in [7, 11) is 0. The van der Waals surface area contributed by atoms with Gasteiger partial charge in [-0.15, -0.1) is 0 Å². The van der Waals surface area contributed by atoms with E-state index < -0.39 is 11.6 Å². The van der Waals surface area contributed by atoms with Crippen LogP contribution < -0.4 is 11.1 Å². The van der Waals surface area contributed by atoms with Gasteiger partial charge in [-0.2, -0.15) is 0 Å². The topological polar surface area (TPSA) is 59.6 Å². The lowest BCUT2D eigenvalue weighted by Gasteiger charge is -2.33. The molecule has 0 spiro atoms. The minimum Gasteiger partial charge on any atom is -0.375 e. The second-order valence-corrected chi connectivity index (χ2v) is 5.20. The summed E-state index contributed by atoms with van der Waals surface area (Å²) in [5.41, 5.74) is 5.68. The predicted molar refractivity (Wildman–Crippen MR) is 74.6 cm³/mol. The van der Waals surface area contributed by atoms with Gasteiger partial charge in [0.05, 0.1) is 23.9 Å². The Morgan fingerprint density at radius 2 is 2.10 bits per heavy atom. The molecule has 0 radical (unpaired) electrons. The van der Waals surface area contributed by atoms with E-state index in [0.717, 1.165) is 31.0 Å². The summed E-state index contributed by atoms with van der Waals surface area (Å²) >= 11 is 0. The van der Waals surface area contributed by atoms with Crippen molar-refractivity contribution in [2.45, 2.75) is 44.9 Å². The molecule has 0 atom stereocenters. The Labute approximate surface area is 117 Å². The number of nitrogens with zero attached hydrogens (tertiary/aromatic N) is 1. The third kappa shape index (κ3) is 3.90. The molecule has 0 amide bonds. The molecule has 1 aromatic carbocycles. The largest absolute Gasteiger partial charge is 0.375 e. The normalized spacial score (nSPS) is 22.8. The van der Waals surface area contributed by atoms with Gasteiger partial charge in [-0.1, -0.05) is 0 Å². The first-order valence-corrected chi connectivity index (χ1v) is 6.65. The van der Waals surface area contributed by atoms with Crippen LogP contribution in [0.4, 0.5) is 14.5 Å². The van der Waals surface area contributed by atoms with Gasteiger partial charge in [-0.05, 0) is 38.8 Å². The minimum atomic E-state index is -0.570. The van der Waals surface area contributed by atoms with Crippen molar-refractivity contribution in [3.8, 4) is 0 Å². The summed E-state index contributed by atoms with van der Waals surface area (Å²) in [6, 6.07) is 3.21. The van der Waals surface area contributed by atoms with Crippen molar-refractivity contribution in [1.82, 2.24) is 0 Å². The van der Waals surface area contributed by atoms with Gasteiger partial charge in [0.25, 0.3) is 0 Å². The fourth-order valence-electron chi connectivity index (χ4n) is 2.10. The maximum atomic E-state index is 13.4. The van der Waals surface area contributed by atoms with Crippen molar-refractivity contribution in [1.29, 1.82) is 0 Å². The van der Waals surface area contributed by atoms with E-state index in [1.807, 2.05) is 13.8 Å². The lowest BCUT2D eigenvalue weighted by Crippen LogP contribution is -2.38. The van der Waals surface area contributed by atoms with Crippen molar-refractivity contribution < 1.29 is 13.5 Å². The quantitative estimate of drug-likeness (QED) is 0.659. The highest BCUT2D eigenvalue weighted by Crippen LogP contribution is 2.27. The van der Waals surface area contributed by atoms with Crippen LogP contribution in [0.1, 0.15) is 26.7 Å². The molecule has 6 heteroatoms. The Bertz CT molecular complexity index is 499. The van der Waals surface area contributed by atoms with Crippen LogP contribution in [-0.4, -0.2) is 24.2 Å². The zero-order valence-corrected chi connectivity index (χ0v) is 11.6. The van der Waals surface area contributed by atoms with Crippen molar-refractivity contribution in [3.63, 3.8) is 0 Å². The number of rotatable bonds is 4. The van der Waals surface area contributed by atoms with Crippen LogP contribution in [0.15, 0.2) is 23.2 Å². The van der Waals surface area contributed by atoms with E-state index >= 15 is 0 Å². The molecule has 0 heterocycles. The lowest BCUT2D eigenvalue weighted by molar-refractivity contribution is -0.0428. The Kier molecular flexibility index (Phi) is 4.54. The Morgan fingerprint density at radius 1 is 1.40 bits per heavy atom. The number of hydrogen-bond acceptors (Lipinski definition) is 2. The average Bonchev–Trinajstić information content (AvgIpc) is 2.30. The molecule has 1 fully saturated rings. The maximum absolute atomic E-state index is 13.4. The van der Waals surface area contributed by atoms with E-state index in [4.69, 9.17) is 10.5 Å². The molecule has 0 unspecified atom stereocenters. The van der Waals surface area contributed by atoms with E-state index in [0.29, 0.717) is 0 Å². The smallest absolute Gasteiger partial charge is 0.193 e. The van der Waals surface area contributed by atoms with Gasteiger partial charge in [0.2, 0.25) is 0 Å². The van der Waals surface area contributed by atoms with Crippen molar-refractivity contribution in [3.05, 3.63) is 29.8 Å². The number of nitrogens with two attached hydrogens (primary N) is 1. The fourth-order valence-corrected chi connectivity index (χ4v) is 2.10.